The number of hydrogen-bond donors (Lipinski definition) is 1. The van der Waals surface area contributed by atoms with Gasteiger partial charge in [-0.1, -0.05) is 82.2 Å². The monoisotopic (exact) mass is 356 g/mol. The van der Waals surface area contributed by atoms with Gasteiger partial charge < -0.3 is 0 Å². The molecule has 0 unspecified atom stereocenters. The Hall–Kier alpha value is -1.68. The average Bonchev–Trinajstić information content (AvgIpc) is 3.11. The molecule has 0 spiro atoms. The molecular weight excluding hydrogens is 320 g/mol. The van der Waals surface area contributed by atoms with E-state index in [1.165, 1.54) is 56.9 Å². The Morgan fingerprint density at radius 1 is 0.808 bits per heavy atom. The van der Waals surface area contributed by atoms with Crippen LogP contribution in [0.25, 0.3) is 11.3 Å². The van der Waals surface area contributed by atoms with Gasteiger partial charge in [0, 0.05) is 12.1 Å². The highest BCUT2D eigenvalue weighted by molar-refractivity contribution is 5.61. The maximum Gasteiger partial charge on any atom is 0.117 e. The molecular formula is C22H36N4. The van der Waals surface area contributed by atoms with E-state index >= 15 is 0 Å². The molecule has 1 aromatic heterocycles. The van der Waals surface area contributed by atoms with Gasteiger partial charge in [-0.2, -0.15) is 15.4 Å². The Bertz CT molecular complexity index is 591. The lowest BCUT2D eigenvalue weighted by Gasteiger charge is -2.21. The van der Waals surface area contributed by atoms with Gasteiger partial charge in [0.05, 0.1) is 0 Å². The molecule has 2 rings (SSSR count). The van der Waals surface area contributed by atoms with E-state index in [9.17, 15) is 0 Å². The van der Waals surface area contributed by atoms with Crippen molar-refractivity contribution in [3.05, 3.63) is 35.5 Å². The molecule has 1 N–H and O–H groups in total. The predicted molar refractivity (Wildman–Crippen MR) is 110 cm³/mol. The molecule has 0 atom stereocenters. The second-order valence-corrected chi connectivity index (χ2v) is 7.38. The molecule has 144 valence electrons. The van der Waals surface area contributed by atoms with Gasteiger partial charge in [-0.15, -0.1) is 0 Å². The van der Waals surface area contributed by atoms with Gasteiger partial charge >= 0.3 is 0 Å². The van der Waals surface area contributed by atoms with Crippen LogP contribution >= 0.6 is 0 Å². The highest BCUT2D eigenvalue weighted by Gasteiger charge is 2.14. The lowest BCUT2D eigenvalue weighted by Crippen LogP contribution is -2.26. The summed E-state index contributed by atoms with van der Waals surface area (Å²) in [4.78, 5) is 2.57. The van der Waals surface area contributed by atoms with Crippen LogP contribution in [0.5, 0.6) is 0 Å². The fraction of sp³-hybridized carbons (Fsp3) is 0.636. The number of benzene rings is 1. The van der Waals surface area contributed by atoms with Crippen molar-refractivity contribution in [3.63, 3.8) is 0 Å². The first-order valence-corrected chi connectivity index (χ1v) is 10.4. The van der Waals surface area contributed by atoms with E-state index in [-0.39, 0.29) is 0 Å². The van der Waals surface area contributed by atoms with Crippen LogP contribution in [-0.2, 0) is 6.54 Å². The Balaban J connectivity index is 1.99. The van der Waals surface area contributed by atoms with Crippen LogP contribution in [0.2, 0.25) is 0 Å². The highest BCUT2D eigenvalue weighted by atomic mass is 15.3. The molecule has 1 aromatic carbocycles. The van der Waals surface area contributed by atoms with Crippen molar-refractivity contribution in [3.8, 4) is 11.3 Å². The molecule has 0 bridgehead atoms. The number of unbranched alkanes of at least 4 members (excludes halogenated alkanes) is 6. The summed E-state index contributed by atoms with van der Waals surface area (Å²) in [6, 6.07) is 8.56. The van der Waals surface area contributed by atoms with Gasteiger partial charge in [0.15, 0.2) is 0 Å². The average molecular weight is 357 g/mol. The number of aryl methyl sites for hydroxylation is 1. The quantitative estimate of drug-likeness (QED) is 0.465. The molecule has 0 saturated heterocycles. The number of aromatic amines is 1. The molecule has 0 aliphatic heterocycles. The summed E-state index contributed by atoms with van der Waals surface area (Å²) in [6.07, 6.45) is 10.5. The van der Waals surface area contributed by atoms with E-state index in [4.69, 9.17) is 0 Å². The molecule has 0 aliphatic carbocycles. The largest absolute Gasteiger partial charge is 0.297 e. The van der Waals surface area contributed by atoms with Gasteiger partial charge in [0.2, 0.25) is 0 Å². The van der Waals surface area contributed by atoms with Crippen molar-refractivity contribution >= 4 is 0 Å². The number of rotatable bonds is 13. The first-order chi connectivity index (χ1) is 12.7. The van der Waals surface area contributed by atoms with E-state index in [2.05, 4.69) is 65.3 Å². The fourth-order valence-corrected chi connectivity index (χ4v) is 3.31. The molecule has 0 fully saturated rings. The number of hydrogen-bond acceptors (Lipinski definition) is 3. The van der Waals surface area contributed by atoms with E-state index in [0.717, 1.165) is 36.6 Å². The van der Waals surface area contributed by atoms with Gasteiger partial charge in [-0.05, 0) is 32.9 Å². The summed E-state index contributed by atoms with van der Waals surface area (Å²) in [5.74, 6) is 0. The Morgan fingerprint density at radius 3 is 2.00 bits per heavy atom. The molecule has 4 heteroatoms. The van der Waals surface area contributed by atoms with Gasteiger partial charge in [0.25, 0.3) is 0 Å². The smallest absolute Gasteiger partial charge is 0.117 e. The van der Waals surface area contributed by atoms with E-state index in [0.29, 0.717) is 0 Å². The topological polar surface area (TPSA) is 44.8 Å². The predicted octanol–water partition coefficient (Wildman–Crippen LogP) is 5.74. The summed E-state index contributed by atoms with van der Waals surface area (Å²) in [5, 5.41) is 11.7. The van der Waals surface area contributed by atoms with Crippen LogP contribution in [-0.4, -0.2) is 33.4 Å². The normalized spacial score (nSPS) is 11.4. The number of aromatic nitrogens is 3. The van der Waals surface area contributed by atoms with Crippen LogP contribution in [0.15, 0.2) is 24.3 Å². The minimum Gasteiger partial charge on any atom is -0.297 e. The summed E-state index contributed by atoms with van der Waals surface area (Å²) in [7, 11) is 0. The van der Waals surface area contributed by atoms with Crippen molar-refractivity contribution in [2.24, 2.45) is 0 Å². The zero-order chi connectivity index (χ0) is 18.6. The van der Waals surface area contributed by atoms with Crippen molar-refractivity contribution < 1.29 is 0 Å². The van der Waals surface area contributed by atoms with E-state index in [1.54, 1.807) is 0 Å². The highest BCUT2D eigenvalue weighted by Crippen LogP contribution is 2.21. The standard InChI is InChI=1S/C22H36N4/c1-4-6-8-10-16-26(17-11-9-7-5-2)18-21-22(24-25-23-21)20-14-12-19(3)13-15-20/h12-15H,4-11,16-18H2,1-3H3,(H,23,24,25). The van der Waals surface area contributed by atoms with Crippen LogP contribution in [0, 0.1) is 6.92 Å². The molecule has 0 saturated carbocycles. The first-order valence-electron chi connectivity index (χ1n) is 10.4. The van der Waals surface area contributed by atoms with E-state index < -0.39 is 0 Å². The molecule has 0 amide bonds. The Labute approximate surface area is 159 Å². The molecule has 0 aliphatic rings. The van der Waals surface area contributed by atoms with Gasteiger partial charge in [-0.3, -0.25) is 4.90 Å². The van der Waals surface area contributed by atoms with Crippen LogP contribution < -0.4 is 0 Å². The first kappa shape index (κ1) is 20.6. The van der Waals surface area contributed by atoms with E-state index in [1.807, 2.05) is 0 Å². The summed E-state index contributed by atoms with van der Waals surface area (Å²) >= 11 is 0. The molecule has 2 aromatic rings. The summed E-state index contributed by atoms with van der Waals surface area (Å²) in [6.45, 7) is 9.86. The SMILES string of the molecule is CCCCCCN(CCCCCC)Cc1n[nH]nc1-c1ccc(C)cc1. The molecule has 26 heavy (non-hydrogen) atoms. The van der Waals surface area contributed by atoms with Crippen LogP contribution in [0.1, 0.15) is 76.5 Å². The second kappa shape index (κ2) is 11.8. The second-order valence-electron chi connectivity index (χ2n) is 7.38. The molecule has 4 nitrogen and oxygen atoms in total. The van der Waals surface area contributed by atoms with Crippen molar-refractivity contribution in [2.75, 3.05) is 13.1 Å². The maximum absolute atomic E-state index is 4.47. The van der Waals surface area contributed by atoms with Crippen LogP contribution in [0.4, 0.5) is 0 Å². The number of nitrogens with zero attached hydrogens (tertiary/aromatic N) is 3. The summed E-state index contributed by atoms with van der Waals surface area (Å²) < 4.78 is 0. The lowest BCUT2D eigenvalue weighted by atomic mass is 10.1. The molecule has 1 heterocycles. The fourth-order valence-electron chi connectivity index (χ4n) is 3.31. The van der Waals surface area contributed by atoms with Gasteiger partial charge in [0.1, 0.15) is 11.4 Å². The Morgan fingerprint density at radius 2 is 1.42 bits per heavy atom. The molecule has 0 radical (unpaired) electrons. The number of nitrogens with one attached hydrogen (secondary N) is 1. The zero-order valence-electron chi connectivity index (χ0n) is 16.9. The van der Waals surface area contributed by atoms with Gasteiger partial charge in [-0.25, -0.2) is 0 Å². The number of H-pyrrole nitrogens is 1. The maximum atomic E-state index is 4.47. The van der Waals surface area contributed by atoms with Crippen molar-refractivity contribution in [1.82, 2.24) is 20.3 Å². The summed E-state index contributed by atoms with van der Waals surface area (Å²) in [5.41, 5.74) is 4.49. The minimum absolute atomic E-state index is 0.887. The third kappa shape index (κ3) is 6.91. The minimum atomic E-state index is 0.887. The Kier molecular flexibility index (Phi) is 9.40. The third-order valence-electron chi connectivity index (χ3n) is 4.97. The van der Waals surface area contributed by atoms with Crippen molar-refractivity contribution in [2.45, 2.75) is 78.7 Å². The van der Waals surface area contributed by atoms with Crippen molar-refractivity contribution in [1.29, 1.82) is 0 Å². The lowest BCUT2D eigenvalue weighted by molar-refractivity contribution is 0.250. The zero-order valence-corrected chi connectivity index (χ0v) is 16.9. The van der Waals surface area contributed by atoms with Crippen LogP contribution in [0.3, 0.4) is 0 Å². The third-order valence-corrected chi connectivity index (χ3v) is 4.97.